The number of aromatic amines is 1. The van der Waals surface area contributed by atoms with Gasteiger partial charge in [0.2, 0.25) is 10.0 Å². The monoisotopic (exact) mass is 288 g/mol. The second kappa shape index (κ2) is 5.26. The van der Waals surface area contributed by atoms with Crippen LogP contribution in [0, 0.1) is 5.41 Å². The molecular formula is C13H24N2O3S. The third kappa shape index (κ3) is 4.97. The largest absolute Gasteiger partial charge is 0.390 e. The second-order valence-electron chi connectivity index (χ2n) is 6.75. The lowest BCUT2D eigenvalue weighted by Gasteiger charge is -2.32. The Bertz CT molecular complexity index is 524. The molecule has 0 aliphatic rings. The summed E-state index contributed by atoms with van der Waals surface area (Å²) >= 11 is 0. The first-order valence-corrected chi connectivity index (χ1v) is 7.76. The van der Waals surface area contributed by atoms with E-state index in [-0.39, 0.29) is 16.9 Å². The maximum Gasteiger partial charge on any atom is 0.242 e. The summed E-state index contributed by atoms with van der Waals surface area (Å²) in [7, 11) is -3.57. The van der Waals surface area contributed by atoms with Crippen LogP contribution in [-0.4, -0.2) is 24.0 Å². The van der Waals surface area contributed by atoms with Crippen LogP contribution in [0.2, 0.25) is 0 Å². The highest BCUT2D eigenvalue weighted by molar-refractivity contribution is 7.89. The zero-order valence-corrected chi connectivity index (χ0v) is 13.1. The van der Waals surface area contributed by atoms with E-state index in [0.29, 0.717) is 5.69 Å². The van der Waals surface area contributed by atoms with Gasteiger partial charge in [-0.3, -0.25) is 0 Å². The van der Waals surface area contributed by atoms with Crippen LogP contribution in [0.25, 0.3) is 0 Å². The minimum absolute atomic E-state index is 0.0282. The highest BCUT2D eigenvalue weighted by Crippen LogP contribution is 2.28. The first-order chi connectivity index (χ1) is 8.45. The highest BCUT2D eigenvalue weighted by Gasteiger charge is 2.30. The third-order valence-corrected chi connectivity index (χ3v) is 4.26. The Morgan fingerprint density at radius 3 is 2.26 bits per heavy atom. The zero-order valence-electron chi connectivity index (χ0n) is 12.2. The van der Waals surface area contributed by atoms with Crippen molar-refractivity contribution >= 4 is 10.0 Å². The number of hydrogen-bond donors (Lipinski definition) is 3. The number of sulfonamides is 1. The molecule has 1 heterocycles. The third-order valence-electron chi connectivity index (χ3n) is 2.58. The van der Waals surface area contributed by atoms with E-state index < -0.39 is 15.6 Å². The quantitative estimate of drug-likeness (QED) is 0.775. The van der Waals surface area contributed by atoms with Crippen molar-refractivity contribution in [2.24, 2.45) is 5.41 Å². The zero-order chi connectivity index (χ0) is 14.9. The molecule has 0 unspecified atom stereocenters. The number of aromatic nitrogens is 1. The lowest BCUT2D eigenvalue weighted by molar-refractivity contribution is 0.269. The van der Waals surface area contributed by atoms with E-state index in [0.717, 1.165) is 6.42 Å². The molecule has 1 rings (SSSR count). The molecule has 0 radical (unpaired) electrons. The molecule has 0 saturated carbocycles. The normalized spacial score (nSPS) is 13.8. The number of nitrogens with one attached hydrogen (secondary N) is 2. The summed E-state index contributed by atoms with van der Waals surface area (Å²) in [5.74, 6) is 0. The molecule has 3 N–H and O–H groups in total. The first kappa shape index (κ1) is 16.2. The van der Waals surface area contributed by atoms with E-state index in [9.17, 15) is 8.42 Å². The minimum Gasteiger partial charge on any atom is -0.390 e. The van der Waals surface area contributed by atoms with Gasteiger partial charge in [-0.05, 0) is 31.7 Å². The lowest BCUT2D eigenvalue weighted by atomic mass is 9.82. The van der Waals surface area contributed by atoms with E-state index in [1.807, 2.05) is 13.8 Å². The van der Waals surface area contributed by atoms with E-state index >= 15 is 0 Å². The predicted molar refractivity (Wildman–Crippen MR) is 75.2 cm³/mol. The van der Waals surface area contributed by atoms with Gasteiger partial charge in [0.05, 0.1) is 11.5 Å². The molecule has 1 aromatic heterocycles. The molecule has 5 nitrogen and oxygen atoms in total. The van der Waals surface area contributed by atoms with Crippen LogP contribution in [0.5, 0.6) is 0 Å². The summed E-state index contributed by atoms with van der Waals surface area (Å²) in [5.41, 5.74) is -0.0252. The van der Waals surface area contributed by atoms with Crippen LogP contribution in [0.1, 0.15) is 46.7 Å². The van der Waals surface area contributed by atoms with Crippen molar-refractivity contribution < 1.29 is 13.5 Å². The maximum absolute atomic E-state index is 12.3. The molecule has 0 spiro atoms. The molecule has 110 valence electrons. The molecule has 0 fully saturated rings. The highest BCUT2D eigenvalue weighted by atomic mass is 32.2. The summed E-state index contributed by atoms with van der Waals surface area (Å²) in [6, 6.07) is 1.44. The van der Waals surface area contributed by atoms with Gasteiger partial charge in [-0.25, -0.2) is 13.1 Å². The van der Waals surface area contributed by atoms with Gasteiger partial charge in [0.1, 0.15) is 0 Å². The van der Waals surface area contributed by atoms with Gasteiger partial charge >= 0.3 is 0 Å². The van der Waals surface area contributed by atoms with Crippen molar-refractivity contribution in [1.82, 2.24) is 9.71 Å². The average Bonchev–Trinajstić information content (AvgIpc) is 2.59. The topological polar surface area (TPSA) is 82.2 Å². The lowest BCUT2D eigenvalue weighted by Crippen LogP contribution is -2.45. The fraction of sp³-hybridized carbons (Fsp3) is 0.692. The SMILES string of the molecule is CC(C)(C)CC(C)(C)NS(=O)(=O)c1c[nH]c(CO)c1. The van der Waals surface area contributed by atoms with Gasteiger partial charge in [0.15, 0.2) is 0 Å². The van der Waals surface area contributed by atoms with Crippen molar-refractivity contribution in [3.8, 4) is 0 Å². The summed E-state index contributed by atoms with van der Waals surface area (Å²) in [4.78, 5) is 2.88. The molecule has 0 aliphatic heterocycles. The van der Waals surface area contributed by atoms with Crippen LogP contribution in [-0.2, 0) is 16.6 Å². The van der Waals surface area contributed by atoms with Gasteiger partial charge in [-0.1, -0.05) is 20.8 Å². The summed E-state index contributed by atoms with van der Waals surface area (Å²) in [6.07, 6.45) is 2.11. The Morgan fingerprint density at radius 1 is 1.26 bits per heavy atom. The Balaban J connectivity index is 2.90. The number of hydrogen-bond acceptors (Lipinski definition) is 3. The molecule has 0 atom stereocenters. The van der Waals surface area contributed by atoms with Gasteiger partial charge in [0.25, 0.3) is 0 Å². The number of aliphatic hydroxyl groups excluding tert-OH is 1. The Morgan fingerprint density at radius 2 is 1.84 bits per heavy atom. The molecule has 1 aromatic rings. The van der Waals surface area contributed by atoms with Crippen LogP contribution in [0.3, 0.4) is 0 Å². The van der Waals surface area contributed by atoms with E-state index in [1.54, 1.807) is 0 Å². The Labute approximate surface area is 115 Å². The van der Waals surface area contributed by atoms with Crippen molar-refractivity contribution in [3.05, 3.63) is 18.0 Å². The number of rotatable bonds is 5. The summed E-state index contributed by atoms with van der Waals surface area (Å²) in [5, 5.41) is 8.96. The van der Waals surface area contributed by atoms with Gasteiger partial charge in [-0.2, -0.15) is 0 Å². The minimum atomic E-state index is -3.57. The maximum atomic E-state index is 12.3. The summed E-state index contributed by atoms with van der Waals surface area (Å²) < 4.78 is 27.2. The molecule has 0 aliphatic carbocycles. The molecular weight excluding hydrogens is 264 g/mol. The Kier molecular flexibility index (Phi) is 4.49. The average molecular weight is 288 g/mol. The van der Waals surface area contributed by atoms with Crippen LogP contribution in [0.15, 0.2) is 17.2 Å². The van der Waals surface area contributed by atoms with Crippen molar-refractivity contribution in [1.29, 1.82) is 0 Å². The molecule has 19 heavy (non-hydrogen) atoms. The van der Waals surface area contributed by atoms with Crippen LogP contribution < -0.4 is 4.72 Å². The Hall–Kier alpha value is -0.850. The molecule has 0 amide bonds. The van der Waals surface area contributed by atoms with Crippen LogP contribution in [0.4, 0.5) is 0 Å². The standard InChI is InChI=1S/C13H24N2O3S/c1-12(2,3)9-13(4,5)15-19(17,18)11-6-10(8-16)14-7-11/h6-7,14-16H,8-9H2,1-5H3. The number of aliphatic hydroxyl groups is 1. The van der Waals surface area contributed by atoms with Gasteiger partial charge in [-0.15, -0.1) is 0 Å². The van der Waals surface area contributed by atoms with Crippen LogP contribution >= 0.6 is 0 Å². The van der Waals surface area contributed by atoms with E-state index in [1.165, 1.54) is 12.3 Å². The molecule has 0 aromatic carbocycles. The first-order valence-electron chi connectivity index (χ1n) is 6.27. The molecule has 6 heteroatoms. The molecule has 0 saturated heterocycles. The summed E-state index contributed by atoms with van der Waals surface area (Å²) in [6.45, 7) is 9.75. The molecule has 0 bridgehead atoms. The fourth-order valence-electron chi connectivity index (χ4n) is 2.45. The van der Waals surface area contributed by atoms with Gasteiger partial charge < -0.3 is 10.1 Å². The van der Waals surface area contributed by atoms with E-state index in [2.05, 4.69) is 30.5 Å². The van der Waals surface area contributed by atoms with Crippen molar-refractivity contribution in [2.45, 2.75) is 58.1 Å². The van der Waals surface area contributed by atoms with Crippen molar-refractivity contribution in [3.63, 3.8) is 0 Å². The fourth-order valence-corrected chi connectivity index (χ4v) is 3.88. The number of H-pyrrole nitrogens is 1. The predicted octanol–water partition coefficient (Wildman–Crippen LogP) is 2.00. The second-order valence-corrected chi connectivity index (χ2v) is 8.43. The smallest absolute Gasteiger partial charge is 0.242 e. The van der Waals surface area contributed by atoms with Gasteiger partial charge in [0, 0.05) is 17.4 Å². The van der Waals surface area contributed by atoms with E-state index in [4.69, 9.17) is 5.11 Å². The van der Waals surface area contributed by atoms with Crippen molar-refractivity contribution in [2.75, 3.05) is 0 Å².